The number of hydrogen-bond acceptors (Lipinski definition) is 5. The smallest absolute Gasteiger partial charge is 0.408 e. The number of amides is 2. The van der Waals surface area contributed by atoms with E-state index in [9.17, 15) is 19.5 Å². The Balaban J connectivity index is 1.27. The zero-order valence-electron chi connectivity index (χ0n) is 23.1. The largest absolute Gasteiger partial charge is 0.480 e. The van der Waals surface area contributed by atoms with Crippen molar-refractivity contribution in [2.75, 3.05) is 6.61 Å². The standard InChI is InChI=1S/C34H32N2O6/c1-22(41-20-23-12-4-2-5-13-23)30(33(38)39)35-32(37)31(24-14-6-3-7-15-24)36-34(40)42-21-29-27-18-10-8-16-25(27)26-17-9-11-19-28(26)29/h2-19,22,29-31H,20-21H2,1H3,(H,35,37)(H,36,40)(H,38,39)/t22-,30+,31?/m0/s1. The van der Waals surface area contributed by atoms with Crippen molar-refractivity contribution in [1.82, 2.24) is 10.6 Å². The highest BCUT2D eigenvalue weighted by Crippen LogP contribution is 2.44. The van der Waals surface area contributed by atoms with Crippen LogP contribution in [0.5, 0.6) is 0 Å². The number of benzene rings is 4. The molecule has 3 atom stereocenters. The van der Waals surface area contributed by atoms with Crippen molar-refractivity contribution < 1.29 is 29.0 Å². The van der Waals surface area contributed by atoms with Crippen molar-refractivity contribution >= 4 is 18.0 Å². The minimum absolute atomic E-state index is 0.0745. The van der Waals surface area contributed by atoms with Gasteiger partial charge in [0.15, 0.2) is 6.04 Å². The van der Waals surface area contributed by atoms with E-state index < -0.39 is 36.2 Å². The fourth-order valence-electron chi connectivity index (χ4n) is 5.22. The van der Waals surface area contributed by atoms with Gasteiger partial charge in [-0.2, -0.15) is 0 Å². The zero-order valence-corrected chi connectivity index (χ0v) is 23.1. The third-order valence-corrected chi connectivity index (χ3v) is 7.39. The zero-order chi connectivity index (χ0) is 29.5. The number of aliphatic carboxylic acids is 1. The lowest BCUT2D eigenvalue weighted by Gasteiger charge is -2.25. The molecule has 0 aromatic heterocycles. The number of hydrogen-bond donors (Lipinski definition) is 3. The lowest BCUT2D eigenvalue weighted by atomic mass is 9.98. The molecule has 0 spiro atoms. The first kappa shape index (κ1) is 28.6. The molecule has 2 amide bonds. The number of alkyl carbamates (subject to hydrolysis) is 1. The average Bonchev–Trinajstić information content (AvgIpc) is 3.34. The quantitative estimate of drug-likeness (QED) is 0.224. The van der Waals surface area contributed by atoms with Gasteiger partial charge < -0.3 is 25.2 Å². The van der Waals surface area contributed by atoms with E-state index in [1.807, 2.05) is 78.9 Å². The van der Waals surface area contributed by atoms with Crippen LogP contribution in [0.2, 0.25) is 0 Å². The van der Waals surface area contributed by atoms with E-state index in [4.69, 9.17) is 9.47 Å². The summed E-state index contributed by atoms with van der Waals surface area (Å²) < 4.78 is 11.4. The predicted molar refractivity (Wildman–Crippen MR) is 158 cm³/mol. The fourth-order valence-corrected chi connectivity index (χ4v) is 5.22. The number of carboxylic acid groups (broad SMARTS) is 1. The summed E-state index contributed by atoms with van der Waals surface area (Å²) in [4.78, 5) is 38.6. The molecule has 8 heteroatoms. The van der Waals surface area contributed by atoms with E-state index in [0.29, 0.717) is 5.56 Å². The molecule has 3 N–H and O–H groups in total. The molecule has 4 aromatic carbocycles. The monoisotopic (exact) mass is 564 g/mol. The minimum Gasteiger partial charge on any atom is -0.480 e. The van der Waals surface area contributed by atoms with Crippen molar-refractivity contribution in [2.24, 2.45) is 0 Å². The molecule has 0 bridgehead atoms. The van der Waals surface area contributed by atoms with Crippen molar-refractivity contribution in [3.8, 4) is 11.1 Å². The fraction of sp³-hybridized carbons (Fsp3) is 0.206. The van der Waals surface area contributed by atoms with Crippen molar-refractivity contribution in [3.05, 3.63) is 131 Å². The molecule has 0 heterocycles. The molecule has 214 valence electrons. The number of carboxylic acids is 1. The van der Waals surface area contributed by atoms with Crippen LogP contribution in [0.1, 0.15) is 41.1 Å². The summed E-state index contributed by atoms with van der Waals surface area (Å²) in [5.74, 6) is -2.10. The molecule has 42 heavy (non-hydrogen) atoms. The maximum Gasteiger partial charge on any atom is 0.408 e. The van der Waals surface area contributed by atoms with Gasteiger partial charge in [0.25, 0.3) is 0 Å². The lowest BCUT2D eigenvalue weighted by Crippen LogP contribution is -2.52. The van der Waals surface area contributed by atoms with Gasteiger partial charge in [-0.3, -0.25) is 4.79 Å². The van der Waals surface area contributed by atoms with Crippen LogP contribution in [0.3, 0.4) is 0 Å². The Kier molecular flexibility index (Phi) is 8.94. The molecule has 4 aromatic rings. The summed E-state index contributed by atoms with van der Waals surface area (Å²) in [6.07, 6.45) is -1.64. The van der Waals surface area contributed by atoms with Gasteiger partial charge in [-0.1, -0.05) is 109 Å². The van der Waals surface area contributed by atoms with E-state index in [0.717, 1.165) is 27.8 Å². The van der Waals surface area contributed by atoms with Crippen LogP contribution in [0.4, 0.5) is 4.79 Å². The number of ether oxygens (including phenoxy) is 2. The van der Waals surface area contributed by atoms with Gasteiger partial charge in [-0.25, -0.2) is 9.59 Å². The number of carbonyl (C=O) groups is 3. The second-order valence-electron chi connectivity index (χ2n) is 10.1. The molecule has 8 nitrogen and oxygen atoms in total. The Morgan fingerprint density at radius 1 is 0.762 bits per heavy atom. The molecule has 1 unspecified atom stereocenters. The average molecular weight is 565 g/mol. The van der Waals surface area contributed by atoms with Crippen LogP contribution in [-0.4, -0.2) is 41.8 Å². The summed E-state index contributed by atoms with van der Waals surface area (Å²) in [7, 11) is 0. The highest BCUT2D eigenvalue weighted by atomic mass is 16.5. The third-order valence-electron chi connectivity index (χ3n) is 7.39. The Morgan fingerprint density at radius 3 is 1.90 bits per heavy atom. The molecule has 5 rings (SSSR count). The Morgan fingerprint density at radius 2 is 1.31 bits per heavy atom. The number of nitrogens with one attached hydrogen (secondary N) is 2. The molecule has 0 saturated carbocycles. The van der Waals surface area contributed by atoms with E-state index in [1.54, 1.807) is 37.3 Å². The molecule has 0 fully saturated rings. The first-order chi connectivity index (χ1) is 20.4. The summed E-state index contributed by atoms with van der Waals surface area (Å²) in [6, 6.07) is 31.4. The van der Waals surface area contributed by atoms with Crippen LogP contribution in [0.25, 0.3) is 11.1 Å². The normalized spacial score (nSPS) is 14.1. The summed E-state index contributed by atoms with van der Waals surface area (Å²) in [5, 5.41) is 15.1. The maximum atomic E-state index is 13.5. The number of fused-ring (bicyclic) bond motifs is 3. The first-order valence-corrected chi connectivity index (χ1v) is 13.8. The molecular formula is C34H32N2O6. The minimum atomic E-state index is -1.35. The Hall–Kier alpha value is -4.95. The van der Waals surface area contributed by atoms with Gasteiger partial charge in [-0.15, -0.1) is 0 Å². The predicted octanol–water partition coefficient (Wildman–Crippen LogP) is 5.44. The van der Waals surface area contributed by atoms with Crippen molar-refractivity contribution in [3.63, 3.8) is 0 Å². The Bertz CT molecular complexity index is 1500. The van der Waals surface area contributed by atoms with Crippen LogP contribution in [-0.2, 0) is 25.7 Å². The summed E-state index contributed by atoms with van der Waals surface area (Å²) >= 11 is 0. The third kappa shape index (κ3) is 6.50. The highest BCUT2D eigenvalue weighted by molar-refractivity contribution is 5.90. The van der Waals surface area contributed by atoms with Crippen LogP contribution >= 0.6 is 0 Å². The van der Waals surface area contributed by atoms with Gasteiger partial charge in [-0.05, 0) is 40.3 Å². The van der Waals surface area contributed by atoms with Crippen molar-refractivity contribution in [2.45, 2.75) is 37.6 Å². The summed E-state index contributed by atoms with van der Waals surface area (Å²) in [5.41, 5.74) is 5.69. The van der Waals surface area contributed by atoms with Gasteiger partial charge in [0.05, 0.1) is 12.7 Å². The van der Waals surface area contributed by atoms with Crippen molar-refractivity contribution in [1.29, 1.82) is 0 Å². The maximum absolute atomic E-state index is 13.5. The van der Waals surface area contributed by atoms with E-state index in [2.05, 4.69) is 10.6 Å². The highest BCUT2D eigenvalue weighted by Gasteiger charge is 2.33. The molecule has 1 aliphatic rings. The molecular weight excluding hydrogens is 532 g/mol. The van der Waals surface area contributed by atoms with E-state index in [1.165, 1.54) is 0 Å². The van der Waals surface area contributed by atoms with E-state index in [-0.39, 0.29) is 19.1 Å². The number of carbonyl (C=O) groups excluding carboxylic acids is 2. The van der Waals surface area contributed by atoms with Crippen LogP contribution < -0.4 is 10.6 Å². The first-order valence-electron chi connectivity index (χ1n) is 13.8. The van der Waals surface area contributed by atoms with Gasteiger partial charge in [0.1, 0.15) is 12.6 Å². The molecule has 0 radical (unpaired) electrons. The van der Waals surface area contributed by atoms with E-state index >= 15 is 0 Å². The Labute approximate surface area is 244 Å². The van der Waals surface area contributed by atoms with Gasteiger partial charge in [0, 0.05) is 5.92 Å². The van der Waals surface area contributed by atoms with Gasteiger partial charge in [0.2, 0.25) is 5.91 Å². The number of rotatable bonds is 11. The molecule has 0 aliphatic heterocycles. The topological polar surface area (TPSA) is 114 Å². The molecule has 0 saturated heterocycles. The van der Waals surface area contributed by atoms with Gasteiger partial charge >= 0.3 is 12.1 Å². The second kappa shape index (κ2) is 13.1. The van der Waals surface area contributed by atoms with Crippen LogP contribution in [0.15, 0.2) is 109 Å². The summed E-state index contributed by atoms with van der Waals surface area (Å²) in [6.45, 7) is 1.84. The molecule has 1 aliphatic carbocycles. The van der Waals surface area contributed by atoms with Crippen LogP contribution in [0, 0.1) is 0 Å². The lowest BCUT2D eigenvalue weighted by molar-refractivity contribution is -0.146. The second-order valence-corrected chi connectivity index (χ2v) is 10.1. The SMILES string of the molecule is C[C@H](OCc1ccccc1)[C@@H](NC(=O)C(NC(=O)OCC1c2ccccc2-c2ccccc21)c1ccccc1)C(=O)O.